The molecular weight excluding hydrogens is 399 g/mol. The average Bonchev–Trinajstić information content (AvgIpc) is 2.62. The minimum absolute atomic E-state index is 0.0669. The van der Waals surface area contributed by atoms with Crippen molar-refractivity contribution in [2.24, 2.45) is 0 Å². The average molecular weight is 416 g/mol. The van der Waals surface area contributed by atoms with Gasteiger partial charge in [0.25, 0.3) is 5.91 Å². The van der Waals surface area contributed by atoms with Crippen molar-refractivity contribution in [1.29, 1.82) is 0 Å². The summed E-state index contributed by atoms with van der Waals surface area (Å²) in [6.07, 6.45) is -4.73. The van der Waals surface area contributed by atoms with Crippen molar-refractivity contribution in [3.63, 3.8) is 0 Å². The lowest BCUT2D eigenvalue weighted by Crippen LogP contribution is -2.22. The van der Waals surface area contributed by atoms with Crippen molar-refractivity contribution in [2.45, 2.75) is 19.5 Å². The first-order chi connectivity index (χ1) is 13.2. The van der Waals surface area contributed by atoms with Crippen LogP contribution in [0.5, 0.6) is 5.75 Å². The first-order valence-corrected chi connectivity index (χ1v) is 8.55. The number of aryl methyl sites for hydroxylation is 1. The van der Waals surface area contributed by atoms with Crippen LogP contribution in [0.4, 0.5) is 18.9 Å². The molecule has 0 atom stereocenters. The summed E-state index contributed by atoms with van der Waals surface area (Å²) >= 11 is 5.51. The summed E-state index contributed by atoms with van der Waals surface area (Å²) in [6, 6.07) is 10.2. The van der Waals surface area contributed by atoms with Crippen LogP contribution in [-0.4, -0.2) is 25.1 Å². The first-order valence-electron chi connectivity index (χ1n) is 8.17. The normalized spacial score (nSPS) is 11.0. The van der Waals surface area contributed by atoms with Crippen molar-refractivity contribution >= 4 is 29.2 Å². The molecule has 0 aliphatic rings. The molecule has 28 heavy (non-hydrogen) atoms. The highest BCUT2D eigenvalue weighted by Gasteiger charge is 2.33. The molecule has 2 aromatic carbocycles. The van der Waals surface area contributed by atoms with Crippen molar-refractivity contribution < 1.29 is 32.2 Å². The van der Waals surface area contributed by atoms with E-state index in [1.54, 1.807) is 12.1 Å². The minimum Gasteiger partial charge on any atom is -0.493 e. The van der Waals surface area contributed by atoms with Crippen LogP contribution in [0.25, 0.3) is 0 Å². The van der Waals surface area contributed by atoms with E-state index in [0.717, 1.165) is 11.6 Å². The van der Waals surface area contributed by atoms with Crippen LogP contribution in [0.1, 0.15) is 17.5 Å². The number of nitrogens with one attached hydrogen (secondary N) is 1. The molecule has 0 aliphatic carbocycles. The van der Waals surface area contributed by atoms with E-state index in [1.807, 2.05) is 19.1 Å². The fraction of sp³-hybridized carbons (Fsp3) is 0.263. The zero-order chi connectivity index (χ0) is 20.7. The second-order valence-corrected chi connectivity index (χ2v) is 6.17. The summed E-state index contributed by atoms with van der Waals surface area (Å²) < 4.78 is 48.7. The molecule has 1 N–H and O–H groups in total. The quantitative estimate of drug-likeness (QED) is 0.670. The SMILES string of the molecule is Cc1ccccc1OCCC(=O)OCC(=O)Nc1ccc(Cl)c(C(F)(F)F)c1. The Balaban J connectivity index is 1.78. The van der Waals surface area contributed by atoms with E-state index in [0.29, 0.717) is 11.8 Å². The minimum atomic E-state index is -4.65. The molecule has 0 saturated carbocycles. The zero-order valence-electron chi connectivity index (χ0n) is 14.8. The molecule has 0 bridgehead atoms. The molecule has 0 spiro atoms. The lowest BCUT2D eigenvalue weighted by Gasteiger charge is -2.12. The van der Waals surface area contributed by atoms with Crippen LogP contribution < -0.4 is 10.1 Å². The number of benzene rings is 2. The third-order valence-corrected chi connectivity index (χ3v) is 3.91. The van der Waals surface area contributed by atoms with E-state index >= 15 is 0 Å². The van der Waals surface area contributed by atoms with Crippen molar-refractivity contribution in [3.8, 4) is 5.75 Å². The Hall–Kier alpha value is -2.74. The fourth-order valence-electron chi connectivity index (χ4n) is 2.20. The van der Waals surface area contributed by atoms with Crippen LogP contribution in [0.15, 0.2) is 42.5 Å². The Morgan fingerprint density at radius 2 is 1.86 bits per heavy atom. The number of alkyl halides is 3. The third-order valence-electron chi connectivity index (χ3n) is 3.58. The number of rotatable bonds is 7. The Kier molecular flexibility index (Phi) is 7.28. The Bertz CT molecular complexity index is 855. The number of carbonyl (C=O) groups is 2. The number of halogens is 4. The van der Waals surface area contributed by atoms with E-state index in [9.17, 15) is 22.8 Å². The molecule has 0 saturated heterocycles. The summed E-state index contributed by atoms with van der Waals surface area (Å²) in [6.45, 7) is 1.30. The Morgan fingerprint density at radius 1 is 1.14 bits per heavy atom. The number of hydrogen-bond donors (Lipinski definition) is 1. The molecule has 0 aliphatic heterocycles. The highest BCUT2D eigenvalue weighted by molar-refractivity contribution is 6.31. The maximum atomic E-state index is 12.8. The van der Waals surface area contributed by atoms with E-state index < -0.39 is 35.2 Å². The van der Waals surface area contributed by atoms with Gasteiger partial charge in [-0.1, -0.05) is 29.8 Å². The molecule has 5 nitrogen and oxygen atoms in total. The number of carbonyl (C=O) groups excluding carboxylic acids is 2. The van der Waals surface area contributed by atoms with Crippen LogP contribution in [0, 0.1) is 6.92 Å². The molecule has 2 rings (SSSR count). The molecule has 2 aromatic rings. The van der Waals surface area contributed by atoms with Crippen LogP contribution in [0.2, 0.25) is 5.02 Å². The molecule has 0 radical (unpaired) electrons. The lowest BCUT2D eigenvalue weighted by atomic mass is 10.2. The highest BCUT2D eigenvalue weighted by Crippen LogP contribution is 2.36. The van der Waals surface area contributed by atoms with Gasteiger partial charge in [0.15, 0.2) is 6.61 Å². The van der Waals surface area contributed by atoms with Gasteiger partial charge >= 0.3 is 12.1 Å². The van der Waals surface area contributed by atoms with Gasteiger partial charge in [0.05, 0.1) is 23.6 Å². The number of amides is 1. The number of esters is 1. The predicted octanol–water partition coefficient (Wildman–Crippen LogP) is 4.62. The van der Waals surface area contributed by atoms with Crippen molar-refractivity contribution in [2.75, 3.05) is 18.5 Å². The van der Waals surface area contributed by atoms with Crippen LogP contribution in [-0.2, 0) is 20.5 Å². The number of anilines is 1. The Labute approximate surface area is 164 Å². The van der Waals surface area contributed by atoms with Crippen LogP contribution >= 0.6 is 11.6 Å². The maximum absolute atomic E-state index is 12.8. The summed E-state index contributed by atoms with van der Waals surface area (Å²) in [5.74, 6) is -0.810. The molecule has 1 amide bonds. The van der Waals surface area contributed by atoms with E-state index in [4.69, 9.17) is 21.1 Å². The maximum Gasteiger partial charge on any atom is 0.417 e. The summed E-state index contributed by atoms with van der Waals surface area (Å²) in [5, 5.41) is 1.74. The second-order valence-electron chi connectivity index (χ2n) is 5.77. The molecule has 150 valence electrons. The van der Waals surface area contributed by atoms with Gasteiger partial charge in [-0.05, 0) is 36.8 Å². The first kappa shape index (κ1) is 21.6. The predicted molar refractivity (Wildman–Crippen MR) is 97.3 cm³/mol. The standard InChI is InChI=1S/C19H17ClF3NO4/c1-12-4-2-3-5-16(12)27-9-8-18(26)28-11-17(25)24-13-6-7-15(20)14(10-13)19(21,22)23/h2-7,10H,8-9,11H2,1H3,(H,24,25). The second kappa shape index (κ2) is 9.45. The number of ether oxygens (including phenoxy) is 2. The molecule has 0 aromatic heterocycles. The van der Waals surface area contributed by atoms with Gasteiger partial charge in [-0.2, -0.15) is 13.2 Å². The smallest absolute Gasteiger partial charge is 0.417 e. The van der Waals surface area contributed by atoms with Gasteiger partial charge in [-0.15, -0.1) is 0 Å². The van der Waals surface area contributed by atoms with E-state index in [2.05, 4.69) is 5.32 Å². The molecule has 9 heteroatoms. The van der Waals surface area contributed by atoms with Gasteiger partial charge in [0.2, 0.25) is 0 Å². The lowest BCUT2D eigenvalue weighted by molar-refractivity contribution is -0.147. The zero-order valence-corrected chi connectivity index (χ0v) is 15.6. The molecule has 0 fully saturated rings. The van der Waals surface area contributed by atoms with Gasteiger partial charge in [0.1, 0.15) is 5.75 Å². The largest absolute Gasteiger partial charge is 0.493 e. The van der Waals surface area contributed by atoms with Gasteiger partial charge in [-0.25, -0.2) is 0 Å². The number of para-hydroxylation sites is 1. The van der Waals surface area contributed by atoms with E-state index in [1.165, 1.54) is 6.07 Å². The summed E-state index contributed by atoms with van der Waals surface area (Å²) in [4.78, 5) is 23.4. The summed E-state index contributed by atoms with van der Waals surface area (Å²) in [7, 11) is 0. The fourth-order valence-corrected chi connectivity index (χ4v) is 2.42. The van der Waals surface area contributed by atoms with E-state index in [-0.39, 0.29) is 18.7 Å². The molecular formula is C19H17ClF3NO4. The third kappa shape index (κ3) is 6.45. The van der Waals surface area contributed by atoms with Gasteiger partial charge < -0.3 is 14.8 Å². The van der Waals surface area contributed by atoms with Gasteiger partial charge in [-0.3, -0.25) is 9.59 Å². The highest BCUT2D eigenvalue weighted by atomic mass is 35.5. The summed E-state index contributed by atoms with van der Waals surface area (Å²) in [5.41, 5.74) is -0.269. The van der Waals surface area contributed by atoms with Crippen LogP contribution in [0.3, 0.4) is 0 Å². The Morgan fingerprint density at radius 3 is 2.54 bits per heavy atom. The number of hydrogen-bond acceptors (Lipinski definition) is 4. The van der Waals surface area contributed by atoms with Gasteiger partial charge in [0, 0.05) is 5.69 Å². The topological polar surface area (TPSA) is 64.6 Å². The monoisotopic (exact) mass is 415 g/mol. The van der Waals surface area contributed by atoms with Crippen molar-refractivity contribution in [1.82, 2.24) is 0 Å². The van der Waals surface area contributed by atoms with Crippen molar-refractivity contribution in [3.05, 3.63) is 58.6 Å². The molecule has 0 heterocycles. The molecule has 0 unspecified atom stereocenters.